The van der Waals surface area contributed by atoms with Gasteiger partial charge in [-0.3, -0.25) is 0 Å². The van der Waals surface area contributed by atoms with E-state index >= 15 is 0 Å². The van der Waals surface area contributed by atoms with Crippen LogP contribution in [0.4, 0.5) is 0 Å². The van der Waals surface area contributed by atoms with Crippen molar-refractivity contribution in [3.8, 4) is 0 Å². The summed E-state index contributed by atoms with van der Waals surface area (Å²) in [5, 5.41) is -0.0903. The molecule has 1 saturated heterocycles. The number of aromatic nitrogens is 2. The molecule has 0 bridgehead atoms. The summed E-state index contributed by atoms with van der Waals surface area (Å²) >= 11 is 6.36. The third kappa shape index (κ3) is 2.33. The molecule has 0 amide bonds. The third-order valence-corrected chi connectivity index (χ3v) is 4.48. The quantitative estimate of drug-likeness (QED) is 0.791. The predicted molar refractivity (Wildman–Crippen MR) is 82.4 cm³/mol. The summed E-state index contributed by atoms with van der Waals surface area (Å²) in [6, 6.07) is 6.79. The van der Waals surface area contributed by atoms with E-state index < -0.39 is 0 Å². The number of hydrogen-bond donors (Lipinski definition) is 0. The summed E-state index contributed by atoms with van der Waals surface area (Å²) in [6.45, 7) is 8.04. The van der Waals surface area contributed by atoms with Crippen molar-refractivity contribution in [1.29, 1.82) is 0 Å². The zero-order valence-corrected chi connectivity index (χ0v) is 13.0. The zero-order valence-electron chi connectivity index (χ0n) is 12.3. The summed E-state index contributed by atoms with van der Waals surface area (Å²) in [7, 11) is 0. The molecule has 2 heterocycles. The van der Waals surface area contributed by atoms with Crippen LogP contribution in [0, 0.1) is 12.8 Å². The lowest BCUT2D eigenvalue weighted by Crippen LogP contribution is -2.19. The van der Waals surface area contributed by atoms with E-state index in [0.29, 0.717) is 12.0 Å². The van der Waals surface area contributed by atoms with E-state index in [1.54, 1.807) is 0 Å². The van der Waals surface area contributed by atoms with Crippen LogP contribution in [0.3, 0.4) is 0 Å². The molecule has 0 saturated carbocycles. The maximum atomic E-state index is 6.36. The molecule has 2 aromatic rings. The summed E-state index contributed by atoms with van der Waals surface area (Å²) in [5.41, 5.74) is 3.45. The highest BCUT2D eigenvalue weighted by atomic mass is 35.5. The van der Waals surface area contributed by atoms with E-state index in [-0.39, 0.29) is 5.38 Å². The van der Waals surface area contributed by atoms with Gasteiger partial charge in [0.25, 0.3) is 0 Å². The Morgan fingerprint density at radius 2 is 2.20 bits per heavy atom. The molecule has 1 aliphatic heterocycles. The minimum Gasteiger partial charge on any atom is -0.381 e. The minimum atomic E-state index is -0.0903. The number of halogens is 1. The van der Waals surface area contributed by atoms with Gasteiger partial charge in [0.1, 0.15) is 5.82 Å². The molecule has 3 unspecified atom stereocenters. The molecule has 1 aromatic carbocycles. The molecule has 20 heavy (non-hydrogen) atoms. The van der Waals surface area contributed by atoms with Crippen LogP contribution < -0.4 is 0 Å². The maximum absolute atomic E-state index is 6.36. The predicted octanol–water partition coefficient (Wildman–Crippen LogP) is 4.24. The van der Waals surface area contributed by atoms with Crippen LogP contribution in [-0.2, 0) is 4.74 Å². The van der Waals surface area contributed by atoms with Gasteiger partial charge in [0.05, 0.1) is 23.0 Å². The van der Waals surface area contributed by atoms with E-state index in [1.807, 2.05) is 6.92 Å². The summed E-state index contributed by atoms with van der Waals surface area (Å²) in [6.07, 6.45) is 1.11. The number of ether oxygens (including phenoxy) is 1. The van der Waals surface area contributed by atoms with E-state index in [4.69, 9.17) is 21.3 Å². The average Bonchev–Trinajstić information content (AvgIpc) is 3.04. The van der Waals surface area contributed by atoms with Gasteiger partial charge in [0.2, 0.25) is 0 Å². The number of benzene rings is 1. The fourth-order valence-corrected chi connectivity index (χ4v) is 3.23. The van der Waals surface area contributed by atoms with Crippen molar-refractivity contribution in [3.05, 3.63) is 29.6 Å². The van der Waals surface area contributed by atoms with Gasteiger partial charge in [-0.1, -0.05) is 6.07 Å². The van der Waals surface area contributed by atoms with Crippen LogP contribution >= 0.6 is 11.6 Å². The Hall–Kier alpha value is -1.06. The van der Waals surface area contributed by atoms with E-state index in [2.05, 4.69) is 36.6 Å². The molecule has 4 heteroatoms. The highest BCUT2D eigenvalue weighted by Gasteiger charge is 2.27. The Balaban J connectivity index is 2.13. The number of hydrogen-bond acceptors (Lipinski definition) is 2. The molecule has 0 aliphatic carbocycles. The first kappa shape index (κ1) is 13.9. The first-order chi connectivity index (χ1) is 9.58. The maximum Gasteiger partial charge on any atom is 0.127 e. The normalized spacial score (nSPS) is 22.3. The number of imidazole rings is 1. The lowest BCUT2D eigenvalue weighted by molar-refractivity contribution is 0.175. The van der Waals surface area contributed by atoms with Gasteiger partial charge in [-0.15, -0.1) is 11.6 Å². The van der Waals surface area contributed by atoms with E-state index in [1.165, 1.54) is 11.1 Å². The van der Waals surface area contributed by atoms with Crippen molar-refractivity contribution in [2.75, 3.05) is 13.2 Å². The first-order valence-electron chi connectivity index (χ1n) is 7.28. The van der Waals surface area contributed by atoms with Gasteiger partial charge >= 0.3 is 0 Å². The second kappa shape index (κ2) is 5.38. The third-order valence-electron chi connectivity index (χ3n) is 4.28. The lowest BCUT2D eigenvalue weighted by atomic mass is 10.00. The largest absolute Gasteiger partial charge is 0.381 e. The number of rotatable bonds is 3. The fourth-order valence-electron chi connectivity index (χ4n) is 3.08. The molecule has 0 spiro atoms. The van der Waals surface area contributed by atoms with Gasteiger partial charge in [-0.2, -0.15) is 0 Å². The first-order valence-corrected chi connectivity index (χ1v) is 7.72. The van der Waals surface area contributed by atoms with Crippen molar-refractivity contribution in [2.45, 2.75) is 38.6 Å². The second-order valence-corrected chi connectivity index (χ2v) is 6.47. The summed E-state index contributed by atoms with van der Waals surface area (Å²) in [4.78, 5) is 4.76. The van der Waals surface area contributed by atoms with Gasteiger partial charge < -0.3 is 9.30 Å². The Kier molecular flexibility index (Phi) is 3.74. The summed E-state index contributed by atoms with van der Waals surface area (Å²) in [5.74, 6) is 1.51. The lowest BCUT2D eigenvalue weighted by Gasteiger charge is -2.23. The number of alkyl halides is 1. The minimum absolute atomic E-state index is 0.0903. The zero-order chi connectivity index (χ0) is 14.3. The van der Waals surface area contributed by atoms with Gasteiger partial charge in [-0.05, 0) is 44.9 Å². The topological polar surface area (TPSA) is 27.1 Å². The molecular formula is C16H21ClN2O. The second-order valence-electron chi connectivity index (χ2n) is 5.81. The van der Waals surface area contributed by atoms with Crippen molar-refractivity contribution in [2.24, 2.45) is 5.92 Å². The SMILES string of the molecule is Cc1ccc2c(c1)nc(C(C)Cl)n2C(C)C1CCOC1. The molecule has 1 aromatic heterocycles. The molecule has 108 valence electrons. The van der Waals surface area contributed by atoms with E-state index in [0.717, 1.165) is 31.0 Å². The van der Waals surface area contributed by atoms with Crippen molar-refractivity contribution < 1.29 is 4.74 Å². The molecule has 3 atom stereocenters. The Morgan fingerprint density at radius 3 is 2.85 bits per heavy atom. The van der Waals surface area contributed by atoms with Gasteiger partial charge in [0, 0.05) is 18.6 Å². The van der Waals surface area contributed by atoms with Crippen molar-refractivity contribution in [1.82, 2.24) is 9.55 Å². The highest BCUT2D eigenvalue weighted by Crippen LogP contribution is 2.34. The smallest absolute Gasteiger partial charge is 0.127 e. The number of nitrogens with zero attached hydrogens (tertiary/aromatic N) is 2. The van der Waals surface area contributed by atoms with Crippen LogP contribution in [-0.4, -0.2) is 22.8 Å². The Bertz CT molecular complexity index is 614. The summed E-state index contributed by atoms with van der Waals surface area (Å²) < 4.78 is 7.85. The molecule has 0 radical (unpaired) electrons. The molecule has 0 N–H and O–H groups in total. The number of aryl methyl sites for hydroxylation is 1. The molecular weight excluding hydrogens is 272 g/mol. The van der Waals surface area contributed by atoms with Crippen LogP contribution in [0.15, 0.2) is 18.2 Å². The van der Waals surface area contributed by atoms with Gasteiger partial charge in [0.15, 0.2) is 0 Å². The van der Waals surface area contributed by atoms with Gasteiger partial charge in [-0.25, -0.2) is 4.98 Å². The number of fused-ring (bicyclic) bond motifs is 1. The Labute approximate surface area is 124 Å². The highest BCUT2D eigenvalue weighted by molar-refractivity contribution is 6.20. The Morgan fingerprint density at radius 1 is 1.40 bits per heavy atom. The van der Waals surface area contributed by atoms with Crippen LogP contribution in [0.2, 0.25) is 0 Å². The molecule has 3 nitrogen and oxygen atoms in total. The monoisotopic (exact) mass is 292 g/mol. The molecule has 1 fully saturated rings. The van der Waals surface area contributed by atoms with Crippen LogP contribution in [0.25, 0.3) is 11.0 Å². The standard InChI is InChI=1S/C16H21ClN2O/c1-10-4-5-15-14(8-10)18-16(11(2)17)19(15)12(3)13-6-7-20-9-13/h4-5,8,11-13H,6-7,9H2,1-3H3. The average molecular weight is 293 g/mol. The molecule has 1 aliphatic rings. The molecule has 3 rings (SSSR count). The van der Waals surface area contributed by atoms with Crippen LogP contribution in [0.1, 0.15) is 43.1 Å². The van der Waals surface area contributed by atoms with Crippen molar-refractivity contribution >= 4 is 22.6 Å². The van der Waals surface area contributed by atoms with E-state index in [9.17, 15) is 0 Å². The van der Waals surface area contributed by atoms with Crippen LogP contribution in [0.5, 0.6) is 0 Å². The fraction of sp³-hybridized carbons (Fsp3) is 0.562. The van der Waals surface area contributed by atoms with Crippen molar-refractivity contribution in [3.63, 3.8) is 0 Å².